The first-order valence-corrected chi connectivity index (χ1v) is 17.4. The summed E-state index contributed by atoms with van der Waals surface area (Å²) in [5, 5.41) is 31.5. The van der Waals surface area contributed by atoms with Crippen LogP contribution in [0.2, 0.25) is 0 Å². The molecule has 0 saturated carbocycles. The summed E-state index contributed by atoms with van der Waals surface area (Å²) in [6.07, 6.45) is -0.970. The van der Waals surface area contributed by atoms with E-state index < -0.39 is 42.1 Å². The third-order valence-electron chi connectivity index (χ3n) is 8.58. The Labute approximate surface area is 326 Å². The lowest BCUT2D eigenvalue weighted by Crippen LogP contribution is -2.42. The second-order valence-corrected chi connectivity index (χ2v) is 12.5. The summed E-state index contributed by atoms with van der Waals surface area (Å²) in [7, 11) is 1.29. The highest BCUT2D eigenvalue weighted by atomic mass is 16.6. The Morgan fingerprint density at radius 3 is 1.84 bits per heavy atom. The number of esters is 1. The van der Waals surface area contributed by atoms with Gasteiger partial charge in [-0.25, -0.2) is 19.2 Å². The number of carboxylic acids is 2. The van der Waals surface area contributed by atoms with Crippen LogP contribution in [-0.2, 0) is 20.7 Å². The number of aliphatic carboxylic acids is 1. The topological polar surface area (TPSA) is 220 Å². The van der Waals surface area contributed by atoms with E-state index in [-0.39, 0.29) is 23.3 Å². The number of amides is 2. The van der Waals surface area contributed by atoms with Crippen molar-refractivity contribution in [3.8, 4) is 22.6 Å². The molecule has 15 heteroatoms. The second-order valence-electron chi connectivity index (χ2n) is 12.5. The van der Waals surface area contributed by atoms with Crippen LogP contribution in [0.15, 0.2) is 118 Å². The normalized spacial score (nSPS) is 11.6. The zero-order valence-corrected chi connectivity index (χ0v) is 31.2. The molecule has 2 atom stereocenters. The number of anilines is 1. The fourth-order valence-electron chi connectivity index (χ4n) is 5.56. The third kappa shape index (κ3) is 10.4. The first kappa shape index (κ1) is 40.6. The SMILES string of the molecule is COC(=O)c1ccc(-c2onc(C)c2C(=O)O)cc1.Cc1noc(-c2ccc(C(=O)N[C@@H](Cc3ccccc3)C(=O)O)cc2)c1NC(=O)O[C@H](C)c1ccccc1. The molecule has 0 fully saturated rings. The van der Waals surface area contributed by atoms with Crippen molar-refractivity contribution in [3.05, 3.63) is 148 Å². The Hall–Kier alpha value is -7.55. The highest BCUT2D eigenvalue weighted by molar-refractivity contribution is 5.98. The van der Waals surface area contributed by atoms with E-state index in [1.54, 1.807) is 69.3 Å². The van der Waals surface area contributed by atoms with Crippen molar-refractivity contribution in [1.82, 2.24) is 15.6 Å². The third-order valence-corrected chi connectivity index (χ3v) is 8.58. The number of methoxy groups -OCH3 is 1. The van der Waals surface area contributed by atoms with Crippen LogP contribution in [0, 0.1) is 13.8 Å². The number of ether oxygens (including phenoxy) is 2. The molecule has 4 N–H and O–H groups in total. The van der Waals surface area contributed by atoms with Gasteiger partial charge in [-0.3, -0.25) is 10.1 Å². The van der Waals surface area contributed by atoms with E-state index in [4.69, 9.17) is 18.9 Å². The largest absolute Gasteiger partial charge is 0.480 e. The van der Waals surface area contributed by atoms with Gasteiger partial charge in [0.05, 0.1) is 18.4 Å². The molecule has 0 radical (unpaired) electrons. The van der Waals surface area contributed by atoms with Gasteiger partial charge in [0.25, 0.3) is 5.91 Å². The number of rotatable bonds is 12. The van der Waals surface area contributed by atoms with Gasteiger partial charge < -0.3 is 34.0 Å². The van der Waals surface area contributed by atoms with Gasteiger partial charge in [-0.05, 0) is 56.2 Å². The zero-order valence-electron chi connectivity index (χ0n) is 31.2. The van der Waals surface area contributed by atoms with E-state index in [1.165, 1.54) is 19.2 Å². The number of hydrogen-bond acceptors (Lipinski definition) is 11. The van der Waals surface area contributed by atoms with Crippen LogP contribution >= 0.6 is 0 Å². The van der Waals surface area contributed by atoms with Crippen LogP contribution in [-0.4, -0.2) is 63.6 Å². The average molecular weight is 775 g/mol. The minimum atomic E-state index is -1.12. The van der Waals surface area contributed by atoms with Gasteiger partial charge in [-0.15, -0.1) is 0 Å². The van der Waals surface area contributed by atoms with Gasteiger partial charge in [-0.1, -0.05) is 95.2 Å². The first-order chi connectivity index (χ1) is 27.4. The van der Waals surface area contributed by atoms with Crippen molar-refractivity contribution in [2.75, 3.05) is 12.4 Å². The van der Waals surface area contributed by atoms with E-state index in [0.29, 0.717) is 39.5 Å². The van der Waals surface area contributed by atoms with Crippen molar-refractivity contribution < 1.29 is 52.7 Å². The molecule has 2 heterocycles. The number of benzene rings is 4. The fourth-order valence-corrected chi connectivity index (χ4v) is 5.56. The summed E-state index contributed by atoms with van der Waals surface area (Å²) < 4.78 is 20.5. The van der Waals surface area contributed by atoms with E-state index >= 15 is 0 Å². The molecule has 2 aromatic heterocycles. The van der Waals surface area contributed by atoms with Crippen molar-refractivity contribution >= 4 is 35.6 Å². The Morgan fingerprint density at radius 2 is 1.26 bits per heavy atom. The number of aromatic nitrogens is 2. The Morgan fingerprint density at radius 1 is 0.719 bits per heavy atom. The standard InChI is InChI=1S/C29H27N3O6.C13H11NO5/c1-18-25(31-29(36)37-19(2)21-11-7-4-8-12-21)26(38-32-18)22-13-15-23(16-14-22)27(33)30-24(28(34)35)17-20-9-5-3-6-10-20;1-7-10(12(15)16)11(19-14-7)8-3-5-9(6-4-8)13(17)18-2/h3-16,19,24H,17H2,1-2H3,(H,30,33)(H,31,36)(H,34,35);3-6H,1-2H3,(H,15,16)/t19-,24+;/m1./s1. The molecule has 57 heavy (non-hydrogen) atoms. The highest BCUT2D eigenvalue weighted by Gasteiger charge is 2.24. The van der Waals surface area contributed by atoms with Gasteiger partial charge in [-0.2, -0.15) is 0 Å². The Kier molecular flexibility index (Phi) is 13.3. The molecule has 0 spiro atoms. The van der Waals surface area contributed by atoms with Crippen molar-refractivity contribution in [2.24, 2.45) is 0 Å². The maximum absolute atomic E-state index is 12.7. The quantitative estimate of drug-likeness (QED) is 0.0885. The summed E-state index contributed by atoms with van der Waals surface area (Å²) in [6, 6.07) is 29.9. The molecule has 4 aromatic carbocycles. The lowest BCUT2D eigenvalue weighted by molar-refractivity contribution is -0.139. The summed E-state index contributed by atoms with van der Waals surface area (Å²) in [6.45, 7) is 5.01. The number of aryl methyl sites for hydroxylation is 2. The molecule has 0 saturated heterocycles. The Balaban J connectivity index is 0.000000273. The van der Waals surface area contributed by atoms with Crippen LogP contribution < -0.4 is 10.6 Å². The molecule has 6 rings (SSSR count). The van der Waals surface area contributed by atoms with Crippen molar-refractivity contribution in [3.63, 3.8) is 0 Å². The second kappa shape index (κ2) is 18.7. The summed E-state index contributed by atoms with van der Waals surface area (Å²) in [4.78, 5) is 59.4. The number of carbonyl (C=O) groups is 5. The lowest BCUT2D eigenvalue weighted by Gasteiger charge is -2.15. The predicted octanol–water partition coefficient (Wildman–Crippen LogP) is 7.52. The number of aromatic carboxylic acids is 1. The molecule has 2 amide bonds. The zero-order chi connectivity index (χ0) is 41.1. The molecule has 0 aliphatic rings. The highest BCUT2D eigenvalue weighted by Crippen LogP contribution is 2.32. The van der Waals surface area contributed by atoms with E-state index in [2.05, 4.69) is 25.7 Å². The molecule has 0 aliphatic carbocycles. The number of nitrogens with one attached hydrogen (secondary N) is 2. The van der Waals surface area contributed by atoms with Crippen molar-refractivity contribution in [1.29, 1.82) is 0 Å². The van der Waals surface area contributed by atoms with Gasteiger partial charge in [0.15, 0.2) is 11.5 Å². The van der Waals surface area contributed by atoms with Crippen molar-refractivity contribution in [2.45, 2.75) is 39.3 Å². The number of nitrogens with zero attached hydrogens (tertiary/aromatic N) is 2. The van der Waals surface area contributed by atoms with E-state index in [9.17, 15) is 29.1 Å². The van der Waals surface area contributed by atoms with Crippen LogP contribution in [0.25, 0.3) is 22.6 Å². The van der Waals surface area contributed by atoms with Crippen LogP contribution in [0.5, 0.6) is 0 Å². The predicted molar refractivity (Wildman–Crippen MR) is 206 cm³/mol. The molecular formula is C42H38N4O11. The minimum absolute atomic E-state index is 0.0193. The van der Waals surface area contributed by atoms with Crippen LogP contribution in [0.1, 0.15) is 66.6 Å². The Bertz CT molecular complexity index is 2340. The molecule has 6 aromatic rings. The lowest BCUT2D eigenvalue weighted by atomic mass is 10.0. The van der Waals surface area contributed by atoms with Gasteiger partial charge >= 0.3 is 24.0 Å². The fraction of sp³-hybridized carbons (Fsp3) is 0.167. The van der Waals surface area contributed by atoms with Gasteiger partial charge in [0, 0.05) is 23.1 Å². The summed E-state index contributed by atoms with van der Waals surface area (Å²) >= 11 is 0. The average Bonchev–Trinajstić information content (AvgIpc) is 3.79. The first-order valence-electron chi connectivity index (χ1n) is 17.4. The van der Waals surface area contributed by atoms with Gasteiger partial charge in [0.1, 0.15) is 29.1 Å². The van der Waals surface area contributed by atoms with E-state index in [1.807, 2.05) is 48.5 Å². The van der Waals surface area contributed by atoms with Crippen LogP contribution in [0.3, 0.4) is 0 Å². The smallest absolute Gasteiger partial charge is 0.412 e. The maximum atomic E-state index is 12.7. The number of hydrogen-bond donors (Lipinski definition) is 4. The maximum Gasteiger partial charge on any atom is 0.412 e. The summed E-state index contributed by atoms with van der Waals surface area (Å²) in [5.41, 5.74) is 4.52. The molecular weight excluding hydrogens is 736 g/mol. The minimum Gasteiger partial charge on any atom is -0.480 e. The molecule has 0 aliphatic heterocycles. The molecule has 0 unspecified atom stereocenters. The number of carboxylic acid groups (broad SMARTS) is 2. The van der Waals surface area contributed by atoms with Crippen LogP contribution in [0.4, 0.5) is 10.5 Å². The molecule has 292 valence electrons. The van der Waals surface area contributed by atoms with E-state index in [0.717, 1.165) is 11.1 Å². The van der Waals surface area contributed by atoms with Gasteiger partial charge in [0.2, 0.25) is 0 Å². The molecule has 15 nitrogen and oxygen atoms in total. The number of carbonyl (C=O) groups excluding carboxylic acids is 3. The molecule has 0 bridgehead atoms. The summed E-state index contributed by atoms with van der Waals surface area (Å²) in [5.74, 6) is -2.75. The monoisotopic (exact) mass is 774 g/mol.